The van der Waals surface area contributed by atoms with E-state index in [1.165, 1.54) is 35.0 Å². The molecule has 2 rings (SSSR count). The van der Waals surface area contributed by atoms with Gasteiger partial charge in [0.25, 0.3) is 0 Å². The van der Waals surface area contributed by atoms with Gasteiger partial charge in [-0.25, -0.2) is 0 Å². The van der Waals surface area contributed by atoms with E-state index in [0.29, 0.717) is 6.04 Å². The van der Waals surface area contributed by atoms with Crippen molar-refractivity contribution in [3.63, 3.8) is 0 Å². The zero-order valence-corrected chi connectivity index (χ0v) is 14.0. The maximum Gasteiger partial charge on any atom is 0.0285 e. The average molecular weight is 330 g/mol. The molecule has 0 spiro atoms. The summed E-state index contributed by atoms with van der Waals surface area (Å²) in [6, 6.07) is 3.00. The first kappa shape index (κ1) is 14.5. The Bertz CT molecular complexity index is 374. The molecule has 102 valence electrons. The summed E-state index contributed by atoms with van der Waals surface area (Å²) in [5, 5.41) is 5.73. The van der Waals surface area contributed by atoms with Crippen LogP contribution < -0.4 is 5.32 Å². The zero-order chi connectivity index (χ0) is 13.1. The highest BCUT2D eigenvalue weighted by Crippen LogP contribution is 2.36. The lowest BCUT2D eigenvalue weighted by atomic mass is 9.72. The molecule has 0 aliphatic heterocycles. The molecule has 1 fully saturated rings. The fourth-order valence-electron chi connectivity index (χ4n) is 3.23. The molecule has 1 heterocycles. The molecule has 1 aliphatic rings. The number of hydrogen-bond donors (Lipinski definition) is 1. The van der Waals surface area contributed by atoms with Crippen molar-refractivity contribution < 1.29 is 0 Å². The van der Waals surface area contributed by atoms with Crippen molar-refractivity contribution in [3.05, 3.63) is 20.8 Å². The van der Waals surface area contributed by atoms with Gasteiger partial charge in [0.15, 0.2) is 0 Å². The topological polar surface area (TPSA) is 12.0 Å². The Morgan fingerprint density at radius 1 is 1.44 bits per heavy atom. The number of thiophene rings is 1. The second kappa shape index (κ2) is 6.53. The summed E-state index contributed by atoms with van der Waals surface area (Å²) in [7, 11) is 2.12. The SMILES string of the molecule is CNC1CCC(C(C)C)CC1Cc1cc(Br)cs1. The lowest BCUT2D eigenvalue weighted by Gasteiger charge is -2.37. The van der Waals surface area contributed by atoms with Crippen LogP contribution >= 0.6 is 27.3 Å². The second-order valence-electron chi connectivity index (χ2n) is 5.91. The summed E-state index contributed by atoms with van der Waals surface area (Å²) in [5.74, 6) is 2.56. The molecule has 1 saturated carbocycles. The molecule has 0 amide bonds. The van der Waals surface area contributed by atoms with Gasteiger partial charge in [-0.15, -0.1) is 11.3 Å². The lowest BCUT2D eigenvalue weighted by molar-refractivity contribution is 0.173. The number of halogens is 1. The molecule has 0 radical (unpaired) electrons. The third-order valence-corrected chi connectivity index (χ3v) is 6.14. The van der Waals surface area contributed by atoms with Gasteiger partial charge in [0, 0.05) is 20.8 Å². The van der Waals surface area contributed by atoms with E-state index in [1.807, 2.05) is 11.3 Å². The van der Waals surface area contributed by atoms with Crippen LogP contribution in [0.3, 0.4) is 0 Å². The normalized spacial score (nSPS) is 28.8. The molecular formula is C15H24BrNS. The molecule has 1 aromatic rings. The van der Waals surface area contributed by atoms with Gasteiger partial charge in [0.2, 0.25) is 0 Å². The Kier molecular flexibility index (Phi) is 5.28. The third kappa shape index (κ3) is 3.58. The summed E-state index contributed by atoms with van der Waals surface area (Å²) in [6.45, 7) is 4.76. The first-order valence-corrected chi connectivity index (χ1v) is 8.67. The minimum absolute atomic E-state index is 0.709. The Morgan fingerprint density at radius 3 is 2.78 bits per heavy atom. The maximum atomic E-state index is 3.56. The summed E-state index contributed by atoms with van der Waals surface area (Å²) < 4.78 is 1.24. The van der Waals surface area contributed by atoms with Crippen molar-refractivity contribution in [3.8, 4) is 0 Å². The highest BCUT2D eigenvalue weighted by atomic mass is 79.9. The smallest absolute Gasteiger partial charge is 0.0285 e. The molecular weight excluding hydrogens is 306 g/mol. The van der Waals surface area contributed by atoms with E-state index in [1.54, 1.807) is 0 Å². The molecule has 1 N–H and O–H groups in total. The van der Waals surface area contributed by atoms with E-state index in [0.717, 1.165) is 17.8 Å². The van der Waals surface area contributed by atoms with Crippen LogP contribution in [0.1, 0.15) is 38.0 Å². The van der Waals surface area contributed by atoms with Crippen molar-refractivity contribution in [2.24, 2.45) is 17.8 Å². The van der Waals surface area contributed by atoms with Gasteiger partial charge in [-0.05, 0) is 72.5 Å². The van der Waals surface area contributed by atoms with Crippen LogP contribution in [0.25, 0.3) is 0 Å². The summed E-state index contributed by atoms with van der Waals surface area (Å²) in [6.07, 6.45) is 5.37. The molecule has 0 aromatic carbocycles. The van der Waals surface area contributed by atoms with Crippen LogP contribution in [0.15, 0.2) is 15.9 Å². The van der Waals surface area contributed by atoms with E-state index < -0.39 is 0 Å². The lowest BCUT2D eigenvalue weighted by Crippen LogP contribution is -2.40. The molecule has 3 heteroatoms. The predicted molar refractivity (Wildman–Crippen MR) is 84.2 cm³/mol. The van der Waals surface area contributed by atoms with E-state index >= 15 is 0 Å². The molecule has 1 nitrogen and oxygen atoms in total. The van der Waals surface area contributed by atoms with Crippen LogP contribution in [0, 0.1) is 17.8 Å². The van der Waals surface area contributed by atoms with Gasteiger partial charge in [-0.1, -0.05) is 13.8 Å². The van der Waals surface area contributed by atoms with Gasteiger partial charge in [0.1, 0.15) is 0 Å². The van der Waals surface area contributed by atoms with Crippen molar-refractivity contribution in [2.45, 2.75) is 45.6 Å². The van der Waals surface area contributed by atoms with Crippen molar-refractivity contribution in [1.29, 1.82) is 0 Å². The molecule has 1 aromatic heterocycles. The number of hydrogen-bond acceptors (Lipinski definition) is 2. The van der Waals surface area contributed by atoms with Gasteiger partial charge >= 0.3 is 0 Å². The summed E-state index contributed by atoms with van der Waals surface area (Å²) in [5.41, 5.74) is 0. The van der Waals surface area contributed by atoms with E-state index in [-0.39, 0.29) is 0 Å². The van der Waals surface area contributed by atoms with Crippen LogP contribution in [0.5, 0.6) is 0 Å². The third-order valence-electron chi connectivity index (χ3n) is 4.42. The van der Waals surface area contributed by atoms with Crippen molar-refractivity contribution >= 4 is 27.3 Å². The van der Waals surface area contributed by atoms with E-state index in [4.69, 9.17) is 0 Å². The maximum absolute atomic E-state index is 3.56. The molecule has 0 saturated heterocycles. The minimum atomic E-state index is 0.709. The average Bonchev–Trinajstić information content (AvgIpc) is 2.74. The Hall–Kier alpha value is 0.140. The van der Waals surface area contributed by atoms with Crippen LogP contribution in [0.4, 0.5) is 0 Å². The number of rotatable bonds is 4. The second-order valence-corrected chi connectivity index (χ2v) is 7.82. The highest BCUT2D eigenvalue weighted by molar-refractivity contribution is 9.10. The van der Waals surface area contributed by atoms with Crippen LogP contribution in [0.2, 0.25) is 0 Å². The van der Waals surface area contributed by atoms with Crippen molar-refractivity contribution in [1.82, 2.24) is 5.32 Å². The number of nitrogens with one attached hydrogen (secondary N) is 1. The molecule has 18 heavy (non-hydrogen) atoms. The Balaban J connectivity index is 2.02. The van der Waals surface area contributed by atoms with Crippen molar-refractivity contribution in [2.75, 3.05) is 7.05 Å². The monoisotopic (exact) mass is 329 g/mol. The first-order chi connectivity index (χ1) is 8.60. The standard InChI is InChI=1S/C15H24BrNS/c1-10(2)11-4-5-15(17-3)12(6-11)7-14-8-13(16)9-18-14/h8-12,15,17H,4-7H2,1-3H3. The Labute approximate surface area is 123 Å². The molecule has 1 aliphatic carbocycles. The minimum Gasteiger partial charge on any atom is -0.317 e. The first-order valence-electron chi connectivity index (χ1n) is 7.00. The summed E-state index contributed by atoms with van der Waals surface area (Å²) in [4.78, 5) is 1.52. The largest absolute Gasteiger partial charge is 0.317 e. The molecule has 3 unspecified atom stereocenters. The highest BCUT2D eigenvalue weighted by Gasteiger charge is 2.31. The van der Waals surface area contributed by atoms with Gasteiger partial charge in [-0.3, -0.25) is 0 Å². The fourth-order valence-corrected chi connectivity index (χ4v) is 4.78. The quantitative estimate of drug-likeness (QED) is 0.843. The predicted octanol–water partition coefficient (Wildman–Crippen LogP) is 4.71. The van der Waals surface area contributed by atoms with Crippen LogP contribution in [-0.4, -0.2) is 13.1 Å². The summed E-state index contributed by atoms with van der Waals surface area (Å²) >= 11 is 5.45. The zero-order valence-electron chi connectivity index (χ0n) is 11.6. The van der Waals surface area contributed by atoms with E-state index in [2.05, 4.69) is 53.6 Å². The van der Waals surface area contributed by atoms with E-state index in [9.17, 15) is 0 Å². The fraction of sp³-hybridized carbons (Fsp3) is 0.733. The van der Waals surface area contributed by atoms with Gasteiger partial charge in [-0.2, -0.15) is 0 Å². The van der Waals surface area contributed by atoms with Crippen LogP contribution in [-0.2, 0) is 6.42 Å². The van der Waals surface area contributed by atoms with Gasteiger partial charge in [0.05, 0.1) is 0 Å². The molecule has 3 atom stereocenters. The Morgan fingerprint density at radius 2 is 2.22 bits per heavy atom. The molecule has 0 bridgehead atoms. The van der Waals surface area contributed by atoms with Gasteiger partial charge < -0.3 is 5.32 Å².